The highest BCUT2D eigenvalue weighted by molar-refractivity contribution is 9.09. The van der Waals surface area contributed by atoms with Gasteiger partial charge in [-0.15, -0.1) is 0 Å². The number of alkyl halides is 2. The molecule has 0 aromatic heterocycles. The van der Waals surface area contributed by atoms with Gasteiger partial charge in [0.25, 0.3) is 0 Å². The van der Waals surface area contributed by atoms with Crippen LogP contribution in [0.25, 0.3) is 0 Å². The molecule has 150 valence electrons. The number of hydrogen-bond acceptors (Lipinski definition) is 4. The van der Waals surface area contributed by atoms with E-state index in [4.69, 9.17) is 4.89 Å². The van der Waals surface area contributed by atoms with Crippen LogP contribution in [-0.2, 0) is 4.89 Å². The Hall–Kier alpha value is 0.540. The first-order valence-corrected chi connectivity index (χ1v) is 11.7. The Kier molecular flexibility index (Phi) is 5.80. The first-order valence-electron chi connectivity index (χ1n) is 9.65. The van der Waals surface area contributed by atoms with E-state index in [9.17, 15) is 15.5 Å². The Bertz CT molecular complexity index is 566. The van der Waals surface area contributed by atoms with Crippen LogP contribution in [0.5, 0.6) is 0 Å². The molecule has 3 N–H and O–H groups in total. The standard InChI is InChI=1S/C20H32Br2O4/c1-11(2)12-5-6-13(26-25)16-17-18(3,7-8-20(12,16)10-21)14(22)9-15(23)19(17,4)24/h5-6,11-17,23-25H,7-10H2,1-4H3/t12-,13-,14-,15+,16-,17-,18+,19+,20-/m0/s1. The van der Waals surface area contributed by atoms with Crippen molar-refractivity contribution in [1.29, 1.82) is 0 Å². The van der Waals surface area contributed by atoms with Crippen LogP contribution in [0.1, 0.15) is 47.0 Å². The van der Waals surface area contributed by atoms with Crippen molar-refractivity contribution >= 4 is 31.9 Å². The van der Waals surface area contributed by atoms with Crippen molar-refractivity contribution in [3.8, 4) is 0 Å². The number of halogens is 2. The summed E-state index contributed by atoms with van der Waals surface area (Å²) in [7, 11) is 0. The molecule has 3 aliphatic carbocycles. The molecule has 0 saturated heterocycles. The van der Waals surface area contributed by atoms with Gasteiger partial charge in [-0.05, 0) is 48.9 Å². The van der Waals surface area contributed by atoms with E-state index >= 15 is 0 Å². The molecular weight excluding hydrogens is 464 g/mol. The fraction of sp³-hybridized carbons (Fsp3) is 0.900. The molecule has 6 heteroatoms. The fourth-order valence-corrected chi connectivity index (χ4v) is 8.43. The van der Waals surface area contributed by atoms with Crippen LogP contribution in [0.2, 0.25) is 0 Å². The third-order valence-corrected chi connectivity index (χ3v) is 10.4. The van der Waals surface area contributed by atoms with Gasteiger partial charge < -0.3 is 10.2 Å². The van der Waals surface area contributed by atoms with Crippen molar-refractivity contribution in [2.45, 2.75) is 69.6 Å². The molecule has 0 aromatic rings. The van der Waals surface area contributed by atoms with E-state index in [0.717, 1.165) is 18.2 Å². The van der Waals surface area contributed by atoms with E-state index in [1.165, 1.54) is 0 Å². The van der Waals surface area contributed by atoms with Crippen molar-refractivity contribution in [3.05, 3.63) is 12.2 Å². The van der Waals surface area contributed by atoms with Gasteiger partial charge in [0.2, 0.25) is 0 Å². The van der Waals surface area contributed by atoms with Crippen LogP contribution >= 0.6 is 31.9 Å². The number of fused-ring (bicyclic) bond motifs is 3. The van der Waals surface area contributed by atoms with Crippen LogP contribution < -0.4 is 0 Å². The maximum Gasteiger partial charge on any atom is 0.115 e. The van der Waals surface area contributed by atoms with Gasteiger partial charge in [0.15, 0.2) is 0 Å². The predicted octanol–water partition coefficient (Wildman–Crippen LogP) is 4.38. The van der Waals surface area contributed by atoms with Crippen LogP contribution in [0.15, 0.2) is 12.2 Å². The van der Waals surface area contributed by atoms with Gasteiger partial charge in [-0.2, -0.15) is 0 Å². The number of rotatable bonds is 3. The molecule has 0 aromatic carbocycles. The summed E-state index contributed by atoms with van der Waals surface area (Å²) < 4.78 is 0. The summed E-state index contributed by atoms with van der Waals surface area (Å²) in [5.41, 5.74) is -1.54. The van der Waals surface area contributed by atoms with Crippen molar-refractivity contribution in [1.82, 2.24) is 0 Å². The van der Waals surface area contributed by atoms with Crippen LogP contribution in [0.3, 0.4) is 0 Å². The summed E-state index contributed by atoms with van der Waals surface area (Å²) in [5.74, 6) is 0.478. The molecule has 0 radical (unpaired) electrons. The van der Waals surface area contributed by atoms with Gasteiger partial charge in [0.05, 0.1) is 11.7 Å². The van der Waals surface area contributed by atoms with Gasteiger partial charge in [-0.1, -0.05) is 64.8 Å². The van der Waals surface area contributed by atoms with Gasteiger partial charge in [0.1, 0.15) is 6.10 Å². The molecule has 3 aliphatic rings. The lowest BCUT2D eigenvalue weighted by Gasteiger charge is -2.67. The van der Waals surface area contributed by atoms with Crippen LogP contribution in [-0.4, -0.2) is 43.4 Å². The van der Waals surface area contributed by atoms with E-state index in [2.05, 4.69) is 58.7 Å². The van der Waals surface area contributed by atoms with E-state index in [1.54, 1.807) is 6.92 Å². The Morgan fingerprint density at radius 2 is 1.88 bits per heavy atom. The third kappa shape index (κ3) is 2.81. The average Bonchev–Trinajstić information content (AvgIpc) is 2.58. The number of aliphatic hydroxyl groups is 2. The Morgan fingerprint density at radius 1 is 1.23 bits per heavy atom. The Morgan fingerprint density at radius 3 is 2.42 bits per heavy atom. The molecule has 2 fully saturated rings. The molecule has 26 heavy (non-hydrogen) atoms. The fourth-order valence-electron chi connectivity index (χ4n) is 6.54. The Balaban J connectivity index is 2.20. The highest BCUT2D eigenvalue weighted by Gasteiger charge is 2.68. The average molecular weight is 496 g/mol. The molecule has 0 aliphatic heterocycles. The van der Waals surface area contributed by atoms with E-state index in [1.807, 2.05) is 6.08 Å². The minimum absolute atomic E-state index is 0.0898. The smallest absolute Gasteiger partial charge is 0.115 e. The van der Waals surface area contributed by atoms with Gasteiger partial charge in [-0.3, -0.25) is 5.26 Å². The molecule has 4 nitrogen and oxygen atoms in total. The molecule has 0 bridgehead atoms. The summed E-state index contributed by atoms with van der Waals surface area (Å²) in [4.78, 5) is 5.07. The van der Waals surface area contributed by atoms with Crippen LogP contribution in [0, 0.1) is 34.5 Å². The molecule has 3 rings (SSSR count). The second-order valence-electron chi connectivity index (χ2n) is 9.55. The lowest BCUT2D eigenvalue weighted by molar-refractivity contribution is -0.318. The minimum atomic E-state index is -1.24. The highest BCUT2D eigenvalue weighted by Crippen LogP contribution is 2.67. The van der Waals surface area contributed by atoms with E-state index in [0.29, 0.717) is 18.3 Å². The van der Waals surface area contributed by atoms with Gasteiger partial charge in [0, 0.05) is 22.0 Å². The second kappa shape index (κ2) is 7.10. The van der Waals surface area contributed by atoms with Crippen LogP contribution in [0.4, 0.5) is 0 Å². The van der Waals surface area contributed by atoms with Gasteiger partial charge >= 0.3 is 0 Å². The monoisotopic (exact) mass is 494 g/mol. The van der Waals surface area contributed by atoms with Gasteiger partial charge in [-0.25, -0.2) is 4.89 Å². The predicted molar refractivity (Wildman–Crippen MR) is 109 cm³/mol. The topological polar surface area (TPSA) is 69.9 Å². The minimum Gasteiger partial charge on any atom is -0.390 e. The summed E-state index contributed by atoms with van der Waals surface area (Å²) >= 11 is 7.60. The molecule has 0 spiro atoms. The molecule has 0 heterocycles. The van der Waals surface area contributed by atoms with Crippen molar-refractivity contribution < 1.29 is 20.4 Å². The zero-order valence-corrected chi connectivity index (χ0v) is 19.2. The highest BCUT2D eigenvalue weighted by atomic mass is 79.9. The number of allylic oxidation sites excluding steroid dienone is 1. The first-order chi connectivity index (χ1) is 12.1. The second-order valence-corrected chi connectivity index (χ2v) is 11.2. The molecule has 0 unspecified atom stereocenters. The summed E-state index contributed by atoms with van der Waals surface area (Å²) in [6.45, 7) is 8.44. The third-order valence-electron chi connectivity index (χ3n) is 7.93. The summed E-state index contributed by atoms with van der Waals surface area (Å²) in [5, 5.41) is 32.7. The van der Waals surface area contributed by atoms with Crippen molar-refractivity contribution in [3.63, 3.8) is 0 Å². The normalized spacial score (nSPS) is 54.1. The molecule has 9 atom stereocenters. The number of aliphatic hydroxyl groups excluding tert-OH is 1. The quantitative estimate of drug-likeness (QED) is 0.235. The van der Waals surface area contributed by atoms with Crippen molar-refractivity contribution in [2.24, 2.45) is 34.5 Å². The Labute approximate surface area is 173 Å². The first kappa shape index (κ1) is 21.3. The lowest BCUT2D eigenvalue weighted by atomic mass is 9.41. The largest absolute Gasteiger partial charge is 0.390 e. The lowest BCUT2D eigenvalue weighted by Crippen LogP contribution is -2.70. The maximum atomic E-state index is 11.5. The summed E-state index contributed by atoms with van der Waals surface area (Å²) in [6, 6.07) is 0. The zero-order valence-electron chi connectivity index (χ0n) is 16.0. The van der Waals surface area contributed by atoms with E-state index < -0.39 is 17.8 Å². The molecule has 0 amide bonds. The molecular formula is C20H32Br2O4. The van der Waals surface area contributed by atoms with E-state index in [-0.39, 0.29) is 27.5 Å². The zero-order chi connectivity index (χ0) is 19.5. The molecule has 2 saturated carbocycles. The summed E-state index contributed by atoms with van der Waals surface area (Å²) in [6.07, 6.45) is 5.35. The number of hydrogen-bond donors (Lipinski definition) is 3. The SMILES string of the molecule is CC(C)[C@@H]1C=C[C@H](OO)[C@H]2[C@@H]3[C@](C)(O)[C@H](O)C[C@H](Br)[C@@]3(C)CC[C@@]21CBr. The maximum absolute atomic E-state index is 11.5. The van der Waals surface area contributed by atoms with Crippen molar-refractivity contribution in [2.75, 3.05) is 5.33 Å².